The second kappa shape index (κ2) is 5.66. The number of halogens is 3. The number of amides is 2. The van der Waals surface area contributed by atoms with Crippen LogP contribution in [0, 0.1) is 0 Å². The van der Waals surface area contributed by atoms with Crippen molar-refractivity contribution in [2.75, 3.05) is 0 Å². The number of carbonyl (C=O) groups is 2. The standard InChI is InChI=1S/C11H17F3N2O3/c1-7(5-11(12,13)14)15-9(19)16-10(3-2-4-10)6-8(17)18/h7H,2-6H2,1H3,(H,17,18)(H2,15,16,19). The van der Waals surface area contributed by atoms with Gasteiger partial charge in [0.2, 0.25) is 0 Å². The highest BCUT2D eigenvalue weighted by molar-refractivity contribution is 5.77. The van der Waals surface area contributed by atoms with Crippen LogP contribution in [0.15, 0.2) is 0 Å². The molecule has 8 heteroatoms. The maximum Gasteiger partial charge on any atom is 0.391 e. The molecule has 1 unspecified atom stereocenters. The molecule has 0 spiro atoms. The third-order valence-corrected chi connectivity index (χ3v) is 3.09. The van der Waals surface area contributed by atoms with Crippen molar-refractivity contribution in [2.24, 2.45) is 0 Å². The van der Waals surface area contributed by atoms with Crippen LogP contribution in [0.4, 0.5) is 18.0 Å². The summed E-state index contributed by atoms with van der Waals surface area (Å²) in [6, 6.07) is -1.81. The van der Waals surface area contributed by atoms with E-state index in [9.17, 15) is 22.8 Å². The number of urea groups is 1. The summed E-state index contributed by atoms with van der Waals surface area (Å²) < 4.78 is 36.3. The van der Waals surface area contributed by atoms with Gasteiger partial charge in [-0.1, -0.05) is 0 Å². The Balaban J connectivity index is 2.43. The van der Waals surface area contributed by atoms with Crippen LogP contribution in [0.1, 0.15) is 39.0 Å². The SMILES string of the molecule is CC(CC(F)(F)F)NC(=O)NC1(CC(=O)O)CCC1. The van der Waals surface area contributed by atoms with Gasteiger partial charge in [0.05, 0.1) is 18.4 Å². The minimum absolute atomic E-state index is 0.214. The summed E-state index contributed by atoms with van der Waals surface area (Å²) in [5.74, 6) is -1.04. The Labute approximate surface area is 108 Å². The van der Waals surface area contributed by atoms with Crippen molar-refractivity contribution in [3.63, 3.8) is 0 Å². The predicted molar refractivity (Wildman–Crippen MR) is 60.6 cm³/mol. The van der Waals surface area contributed by atoms with E-state index in [0.717, 1.165) is 6.42 Å². The Morgan fingerprint density at radius 3 is 2.32 bits per heavy atom. The van der Waals surface area contributed by atoms with Crippen molar-refractivity contribution in [1.29, 1.82) is 0 Å². The summed E-state index contributed by atoms with van der Waals surface area (Å²) in [7, 11) is 0. The van der Waals surface area contributed by atoms with Crippen LogP contribution in [-0.4, -0.2) is 34.9 Å². The molecule has 1 aliphatic rings. The fourth-order valence-corrected chi connectivity index (χ4v) is 2.14. The van der Waals surface area contributed by atoms with Gasteiger partial charge in [0.1, 0.15) is 0 Å². The van der Waals surface area contributed by atoms with E-state index in [1.165, 1.54) is 6.92 Å². The molecule has 1 aliphatic carbocycles. The minimum atomic E-state index is -4.35. The van der Waals surface area contributed by atoms with E-state index in [2.05, 4.69) is 10.6 Å². The lowest BCUT2D eigenvalue weighted by Gasteiger charge is -2.41. The van der Waals surface area contributed by atoms with E-state index < -0.39 is 36.2 Å². The van der Waals surface area contributed by atoms with Crippen LogP contribution in [0.25, 0.3) is 0 Å². The largest absolute Gasteiger partial charge is 0.481 e. The molecule has 2 amide bonds. The highest BCUT2D eigenvalue weighted by Gasteiger charge is 2.40. The summed E-state index contributed by atoms with van der Waals surface area (Å²) in [5, 5.41) is 13.4. The predicted octanol–water partition coefficient (Wildman–Crippen LogP) is 2.02. The number of hydrogen-bond donors (Lipinski definition) is 3. The van der Waals surface area contributed by atoms with Crippen LogP contribution in [-0.2, 0) is 4.79 Å². The molecule has 5 nitrogen and oxygen atoms in total. The van der Waals surface area contributed by atoms with Gasteiger partial charge in [-0.25, -0.2) is 4.79 Å². The van der Waals surface area contributed by atoms with Crippen molar-refractivity contribution in [3.05, 3.63) is 0 Å². The first-order valence-electron chi connectivity index (χ1n) is 5.99. The van der Waals surface area contributed by atoms with Crippen LogP contribution in [0.2, 0.25) is 0 Å². The van der Waals surface area contributed by atoms with Crippen LogP contribution in [0.5, 0.6) is 0 Å². The normalized spacial score (nSPS) is 19.2. The summed E-state index contributed by atoms with van der Waals surface area (Å²) in [5.41, 5.74) is -0.812. The smallest absolute Gasteiger partial charge is 0.391 e. The third-order valence-electron chi connectivity index (χ3n) is 3.09. The number of hydrogen-bond acceptors (Lipinski definition) is 2. The lowest BCUT2D eigenvalue weighted by molar-refractivity contribution is -0.139. The summed E-state index contributed by atoms with van der Waals surface area (Å²) in [6.45, 7) is 1.25. The zero-order valence-electron chi connectivity index (χ0n) is 10.5. The van der Waals surface area contributed by atoms with E-state index in [0.29, 0.717) is 12.8 Å². The molecule has 110 valence electrons. The van der Waals surface area contributed by atoms with Crippen molar-refractivity contribution >= 4 is 12.0 Å². The molecule has 0 aliphatic heterocycles. The number of aliphatic carboxylic acids is 1. The Morgan fingerprint density at radius 2 is 1.95 bits per heavy atom. The first-order chi connectivity index (χ1) is 8.62. The van der Waals surface area contributed by atoms with Gasteiger partial charge in [0.25, 0.3) is 0 Å². The molecule has 0 saturated heterocycles. The van der Waals surface area contributed by atoms with Gasteiger partial charge in [-0.15, -0.1) is 0 Å². The molecule has 1 saturated carbocycles. The van der Waals surface area contributed by atoms with Crippen LogP contribution in [0.3, 0.4) is 0 Å². The average molecular weight is 282 g/mol. The van der Waals surface area contributed by atoms with Gasteiger partial charge in [0, 0.05) is 6.04 Å². The molecule has 19 heavy (non-hydrogen) atoms. The molecule has 1 atom stereocenters. The maximum atomic E-state index is 12.1. The molecule has 0 bridgehead atoms. The lowest BCUT2D eigenvalue weighted by Crippen LogP contribution is -2.58. The van der Waals surface area contributed by atoms with Crippen LogP contribution < -0.4 is 10.6 Å². The third kappa shape index (κ3) is 5.35. The Bertz CT molecular complexity index is 354. The quantitative estimate of drug-likeness (QED) is 0.722. The molecule has 0 aromatic rings. The first-order valence-corrected chi connectivity index (χ1v) is 5.99. The number of rotatable bonds is 5. The molecular weight excluding hydrogens is 265 g/mol. The number of carboxylic acids is 1. The highest BCUT2D eigenvalue weighted by Crippen LogP contribution is 2.34. The maximum absolute atomic E-state index is 12.1. The Kier molecular flexibility index (Phi) is 4.65. The fourth-order valence-electron chi connectivity index (χ4n) is 2.14. The monoisotopic (exact) mass is 282 g/mol. The second-order valence-corrected chi connectivity index (χ2v) is 5.02. The molecule has 0 heterocycles. The van der Waals surface area contributed by atoms with Gasteiger partial charge in [-0.3, -0.25) is 4.79 Å². The first kappa shape index (κ1) is 15.6. The van der Waals surface area contributed by atoms with E-state index in [1.807, 2.05) is 0 Å². The van der Waals surface area contributed by atoms with Gasteiger partial charge in [0.15, 0.2) is 0 Å². The topological polar surface area (TPSA) is 78.4 Å². The zero-order valence-corrected chi connectivity index (χ0v) is 10.5. The zero-order chi connectivity index (χ0) is 14.7. The van der Waals surface area contributed by atoms with E-state index in [4.69, 9.17) is 5.11 Å². The number of nitrogens with one attached hydrogen (secondary N) is 2. The Hall–Kier alpha value is -1.47. The highest BCUT2D eigenvalue weighted by atomic mass is 19.4. The molecule has 1 fully saturated rings. The van der Waals surface area contributed by atoms with Gasteiger partial charge in [-0.05, 0) is 26.2 Å². The van der Waals surface area contributed by atoms with Gasteiger partial charge >= 0.3 is 18.2 Å². The minimum Gasteiger partial charge on any atom is -0.481 e. The second-order valence-electron chi connectivity index (χ2n) is 5.02. The molecule has 1 rings (SSSR count). The summed E-state index contributed by atoms with van der Waals surface area (Å²) >= 11 is 0. The van der Waals surface area contributed by atoms with Crippen molar-refractivity contribution in [1.82, 2.24) is 10.6 Å². The molecule has 0 radical (unpaired) electrons. The van der Waals surface area contributed by atoms with Gasteiger partial charge < -0.3 is 15.7 Å². The molecular formula is C11H17F3N2O3. The van der Waals surface area contributed by atoms with E-state index >= 15 is 0 Å². The number of carboxylic acid groups (broad SMARTS) is 1. The van der Waals surface area contributed by atoms with E-state index in [-0.39, 0.29) is 6.42 Å². The van der Waals surface area contributed by atoms with Gasteiger partial charge in [-0.2, -0.15) is 13.2 Å². The number of alkyl halides is 3. The summed E-state index contributed by atoms with van der Waals surface area (Å²) in [4.78, 5) is 22.2. The Morgan fingerprint density at radius 1 is 1.37 bits per heavy atom. The van der Waals surface area contributed by atoms with Crippen LogP contribution >= 0.6 is 0 Å². The van der Waals surface area contributed by atoms with Crippen molar-refractivity contribution < 1.29 is 27.9 Å². The average Bonchev–Trinajstić information content (AvgIpc) is 2.09. The fraction of sp³-hybridized carbons (Fsp3) is 0.818. The number of carbonyl (C=O) groups excluding carboxylic acids is 1. The van der Waals surface area contributed by atoms with Crippen molar-refractivity contribution in [3.8, 4) is 0 Å². The lowest BCUT2D eigenvalue weighted by atomic mass is 9.74. The molecule has 0 aromatic carbocycles. The van der Waals surface area contributed by atoms with Crippen molar-refractivity contribution in [2.45, 2.75) is 56.8 Å². The summed E-state index contributed by atoms with van der Waals surface area (Å²) in [6.07, 6.45) is -3.82. The molecule has 0 aromatic heterocycles. The molecule has 3 N–H and O–H groups in total. The van der Waals surface area contributed by atoms with E-state index in [1.54, 1.807) is 0 Å².